The summed E-state index contributed by atoms with van der Waals surface area (Å²) in [5.41, 5.74) is -7.15. The Bertz CT molecular complexity index is 779. The van der Waals surface area contributed by atoms with Crippen molar-refractivity contribution in [2.24, 2.45) is 0 Å². The van der Waals surface area contributed by atoms with Gasteiger partial charge in [-0.25, -0.2) is 20.1 Å². The van der Waals surface area contributed by atoms with Crippen LogP contribution in [0.25, 0.3) is 0 Å². The van der Waals surface area contributed by atoms with Crippen molar-refractivity contribution in [1.82, 2.24) is 0 Å². The maximum Gasteiger partial charge on any atom is 2.00 e. The molecule has 0 aromatic carbocycles. The van der Waals surface area contributed by atoms with Gasteiger partial charge in [-0.3, -0.25) is 0 Å². The number of unbranched alkanes of at least 4 members (excludes halogenated alkanes) is 26. The zero-order chi connectivity index (χ0) is 37.9. The fraction of sp³-hybridized carbons (Fsp3) is 1.00. The molecular weight excluding hydrogens is 931 g/mol. The normalized spacial score (nSPS) is 13.8. The second kappa shape index (κ2) is 47.0. The second-order valence-electron chi connectivity index (χ2n) is 14.7. The van der Waals surface area contributed by atoms with Crippen LogP contribution in [0.5, 0.6) is 0 Å². The minimum atomic E-state index is -3.57. The number of rotatable bonds is 34. The molecule has 0 spiro atoms. The Morgan fingerprint density at radius 1 is 0.358 bits per heavy atom. The Morgan fingerprint density at radius 2 is 0.528 bits per heavy atom. The molecule has 0 N–H and O–H groups in total. The van der Waals surface area contributed by atoms with Crippen LogP contribution in [-0.2, 0) is 103 Å². The van der Waals surface area contributed by atoms with Gasteiger partial charge in [-0.05, 0) is 47.7 Å². The minimum Gasteiger partial charge on any atom is -0.854 e. The predicted octanol–water partition coefficient (Wildman–Crippen LogP) is 11.7. The van der Waals surface area contributed by atoms with Crippen molar-refractivity contribution in [1.29, 1.82) is 0 Å². The summed E-state index contributed by atoms with van der Waals surface area (Å²) in [6.45, 7) is 12.7. The van der Waals surface area contributed by atoms with Crippen LogP contribution >= 0.6 is 11.4 Å². The van der Waals surface area contributed by atoms with E-state index < -0.39 is 31.5 Å². The molecule has 0 saturated heterocycles. The molecule has 0 aromatic heterocycles. The summed E-state index contributed by atoms with van der Waals surface area (Å²) in [6, 6.07) is 0. The van der Waals surface area contributed by atoms with E-state index >= 15 is 0 Å². The van der Waals surface area contributed by atoms with E-state index in [-0.39, 0.29) is 68.9 Å². The topological polar surface area (TPSA) is 92.2 Å². The Balaban J connectivity index is -0.000000274. The first-order valence-corrected chi connectivity index (χ1v) is 30.7. The average Bonchev–Trinajstić information content (AvgIpc) is 3.06. The van der Waals surface area contributed by atoms with Crippen molar-refractivity contribution in [2.45, 2.75) is 245 Å². The molecule has 53 heavy (non-hydrogen) atoms. The van der Waals surface area contributed by atoms with E-state index in [2.05, 4.69) is 27.7 Å². The molecule has 0 rings (SSSR count). The Hall–Kier alpha value is 3.97. The first-order valence-electron chi connectivity index (χ1n) is 21.3. The largest absolute Gasteiger partial charge is 2.00 e. The molecule has 4 atom stereocenters. The van der Waals surface area contributed by atoms with E-state index in [0.29, 0.717) is 0 Å². The Kier molecular flexibility index (Phi) is 58.6. The molecule has 0 aliphatic rings. The van der Waals surface area contributed by atoms with Gasteiger partial charge < -0.3 is 55.5 Å². The predicted molar refractivity (Wildman–Crippen MR) is 233 cm³/mol. The molecule has 0 radical (unpaired) electrons. The van der Waals surface area contributed by atoms with Crippen molar-refractivity contribution in [3.63, 3.8) is 0 Å². The molecule has 0 fully saturated rings. The fourth-order valence-electron chi connectivity index (χ4n) is 6.34. The molecule has 0 aliphatic carbocycles. The third-order valence-corrected chi connectivity index (χ3v) is 25.3. The summed E-state index contributed by atoms with van der Waals surface area (Å²) in [6.07, 6.45) is 39.1. The van der Waals surface area contributed by atoms with E-state index in [0.717, 1.165) is 50.0 Å². The van der Waals surface area contributed by atoms with Crippen LogP contribution in [0.2, 0.25) is 0 Å². The molecule has 0 aromatic rings. The maximum atomic E-state index is 11.8. The van der Waals surface area contributed by atoms with Crippen LogP contribution in [0, 0.1) is 0 Å². The first kappa shape index (κ1) is 66.1. The van der Waals surface area contributed by atoms with Crippen molar-refractivity contribution >= 4 is 56.0 Å². The van der Waals surface area contributed by atoms with Crippen molar-refractivity contribution in [2.75, 3.05) is 11.5 Å². The van der Waals surface area contributed by atoms with Crippen molar-refractivity contribution in [3.05, 3.63) is 0 Å². The zero-order valence-electron chi connectivity index (χ0n) is 36.1. The summed E-state index contributed by atoms with van der Waals surface area (Å²) in [4.78, 5) is 47.0. The van der Waals surface area contributed by atoms with Crippen LogP contribution in [0.15, 0.2) is 0 Å². The monoisotopic (exact) mass is 1010 g/mol. The summed E-state index contributed by atoms with van der Waals surface area (Å²) >= 11 is 9.52. The molecule has 0 saturated carbocycles. The van der Waals surface area contributed by atoms with Gasteiger partial charge in [0.05, 0.1) is 0 Å². The molecule has 13 heteroatoms. The molecule has 308 valence electrons. The average molecular weight is 1020 g/mol. The van der Waals surface area contributed by atoms with Gasteiger partial charge in [-0.1, -0.05) is 208 Å². The van der Waals surface area contributed by atoms with Crippen molar-refractivity contribution in [3.8, 4) is 0 Å². The standard InChI is InChI=1S/2C20H42O2PS2.3Zn/c2*1-4-6-7-8-9-10-11-12-13-14-15-16-17-18-19-25(20(3)5-2)23(21,22)24;;;/h2*20H,4-19H2,1-3H3;;;/q2*-3;3*+2. The van der Waals surface area contributed by atoms with Gasteiger partial charge in [0, 0.05) is 0 Å². The molecule has 4 nitrogen and oxygen atoms in total. The molecule has 0 bridgehead atoms. The van der Waals surface area contributed by atoms with Crippen LogP contribution in [0.1, 0.15) is 234 Å². The van der Waals surface area contributed by atoms with Gasteiger partial charge >= 0.3 is 58.4 Å². The van der Waals surface area contributed by atoms with Crippen LogP contribution in [0.3, 0.4) is 0 Å². The minimum absolute atomic E-state index is 0. The zero-order valence-corrected chi connectivity index (χ0v) is 50.0. The van der Waals surface area contributed by atoms with Gasteiger partial charge in [-0.15, -0.1) is 0 Å². The van der Waals surface area contributed by atoms with Crippen LogP contribution in [0.4, 0.5) is 0 Å². The van der Waals surface area contributed by atoms with Crippen LogP contribution in [-0.4, -0.2) is 22.0 Å². The third-order valence-electron chi connectivity index (χ3n) is 10.1. The van der Waals surface area contributed by atoms with E-state index in [1.807, 2.05) is 13.8 Å². The smallest absolute Gasteiger partial charge is 0.854 e. The van der Waals surface area contributed by atoms with Gasteiger partial charge in [0.2, 0.25) is 0 Å². The summed E-state index contributed by atoms with van der Waals surface area (Å²) in [5.74, 6) is 1.58. The van der Waals surface area contributed by atoms with E-state index in [4.69, 9.17) is 24.5 Å². The van der Waals surface area contributed by atoms with Gasteiger partial charge in [0.1, 0.15) is 0 Å². The Morgan fingerprint density at radius 3 is 0.679 bits per heavy atom. The number of hydrogen-bond acceptors (Lipinski definition) is 6. The van der Waals surface area contributed by atoms with E-state index in [1.54, 1.807) is 0 Å². The molecule has 4 unspecified atom stereocenters. The molecule has 0 heterocycles. The molecular formula is C40H84O4P2S4Zn3. The van der Waals surface area contributed by atoms with Crippen molar-refractivity contribution < 1.29 is 78.0 Å². The number of hydrogen-bond donors (Lipinski definition) is 0. The Labute approximate surface area is 386 Å². The second-order valence-corrected chi connectivity index (χ2v) is 30.5. The third kappa shape index (κ3) is 45.3. The van der Waals surface area contributed by atoms with E-state index in [9.17, 15) is 19.6 Å². The SMILES string of the molecule is CCCCCCCCCCCCCCCCS(C(C)CC)=P([O-])([O-])[S-].CCCCCCCCCCCCCCCCS(C(C)CC)=P([O-])([O-])[S-].[Zn+2].[Zn+2].[Zn+2]. The first-order chi connectivity index (χ1) is 23.9. The molecule has 0 amide bonds. The fourth-order valence-corrected chi connectivity index (χ4v) is 19.9. The summed E-state index contributed by atoms with van der Waals surface area (Å²) < 4.78 is 0. The van der Waals surface area contributed by atoms with Gasteiger partial charge in [0.25, 0.3) is 0 Å². The van der Waals surface area contributed by atoms with Gasteiger partial charge in [-0.2, -0.15) is 0 Å². The maximum absolute atomic E-state index is 11.8. The quantitative estimate of drug-likeness (QED) is 0.0276. The summed E-state index contributed by atoms with van der Waals surface area (Å²) in [5, 5.41) is 0.450. The molecule has 0 aliphatic heterocycles. The summed E-state index contributed by atoms with van der Waals surface area (Å²) in [7, 11) is -1.18. The van der Waals surface area contributed by atoms with Gasteiger partial charge in [0.15, 0.2) is 0 Å². The van der Waals surface area contributed by atoms with Crippen LogP contribution < -0.4 is 19.6 Å². The van der Waals surface area contributed by atoms with E-state index in [1.165, 1.54) is 154 Å².